The molecule has 0 atom stereocenters. The summed E-state index contributed by atoms with van der Waals surface area (Å²) in [6.07, 6.45) is 0. The summed E-state index contributed by atoms with van der Waals surface area (Å²) < 4.78 is 3.76. The molecule has 1 aromatic heterocycles. The summed E-state index contributed by atoms with van der Waals surface area (Å²) in [4.78, 5) is 23.1. The molecule has 2 N–H and O–H groups in total. The molecule has 0 unspecified atom stereocenters. The Morgan fingerprint density at radius 3 is 2.27 bits per heavy atom. The third kappa shape index (κ3) is 4.08. The molecule has 0 fully saturated rings. The number of nitrogens with two attached hydrogens (primary N) is 1. The van der Waals surface area contributed by atoms with Gasteiger partial charge in [0.1, 0.15) is 17.6 Å². The SMILES string of the molecule is Nc1n(CC(=O)c2ccc([N+](=O)[O-])cc2)c2ccccc2[n+]1Cc1ccccc1.[Br-]. The van der Waals surface area contributed by atoms with Crippen LogP contribution < -0.4 is 27.3 Å². The van der Waals surface area contributed by atoms with Gasteiger partial charge in [0.05, 0.1) is 11.5 Å². The first-order valence-electron chi connectivity index (χ1n) is 9.12. The van der Waals surface area contributed by atoms with Crippen LogP contribution in [0.5, 0.6) is 0 Å². The molecule has 0 saturated heterocycles. The van der Waals surface area contributed by atoms with Crippen LogP contribution in [0.25, 0.3) is 11.0 Å². The standard InChI is InChI=1S/C22H18N4O3.BrH/c23-22-24(14-16-6-2-1-3-7-16)19-8-4-5-9-20(19)25(22)15-21(27)17-10-12-18(13-11-17)26(28)29;/h1-13,23H,14-15H2;1H. The van der Waals surface area contributed by atoms with Gasteiger partial charge in [-0.05, 0) is 29.8 Å². The number of carbonyl (C=O) groups is 1. The van der Waals surface area contributed by atoms with Crippen molar-refractivity contribution in [2.45, 2.75) is 13.1 Å². The van der Waals surface area contributed by atoms with E-state index in [0.717, 1.165) is 16.6 Å². The van der Waals surface area contributed by atoms with Crippen molar-refractivity contribution in [3.63, 3.8) is 0 Å². The molecule has 0 amide bonds. The van der Waals surface area contributed by atoms with Gasteiger partial charge in [-0.2, -0.15) is 0 Å². The van der Waals surface area contributed by atoms with Crippen molar-refractivity contribution < 1.29 is 31.3 Å². The number of anilines is 1. The van der Waals surface area contributed by atoms with E-state index in [1.807, 2.05) is 59.2 Å². The number of Topliss-reactive ketones (excluding diaryl/α,β-unsaturated/α-hetero) is 1. The Kier molecular flexibility index (Phi) is 6.27. The maximum Gasteiger partial charge on any atom is 0.356 e. The number of nitro benzene ring substituents is 1. The molecule has 7 nitrogen and oxygen atoms in total. The van der Waals surface area contributed by atoms with Gasteiger partial charge >= 0.3 is 5.95 Å². The summed E-state index contributed by atoms with van der Waals surface area (Å²) in [7, 11) is 0. The minimum Gasteiger partial charge on any atom is -1.00 e. The van der Waals surface area contributed by atoms with Gasteiger partial charge in [0.25, 0.3) is 5.69 Å². The highest BCUT2D eigenvalue weighted by atomic mass is 79.9. The molecule has 4 rings (SSSR count). The first kappa shape index (κ1) is 21.2. The Morgan fingerprint density at radius 2 is 1.60 bits per heavy atom. The lowest BCUT2D eigenvalue weighted by molar-refractivity contribution is -0.648. The number of hydrogen-bond donors (Lipinski definition) is 1. The van der Waals surface area contributed by atoms with Gasteiger partial charge in [0.15, 0.2) is 5.78 Å². The number of hydrogen-bond acceptors (Lipinski definition) is 4. The van der Waals surface area contributed by atoms with Gasteiger partial charge < -0.3 is 17.0 Å². The lowest BCUT2D eigenvalue weighted by atomic mass is 10.1. The van der Waals surface area contributed by atoms with E-state index in [2.05, 4.69) is 0 Å². The zero-order chi connectivity index (χ0) is 20.4. The maximum absolute atomic E-state index is 12.8. The number of aromatic nitrogens is 2. The minimum absolute atomic E-state index is 0. The van der Waals surface area contributed by atoms with E-state index in [-0.39, 0.29) is 35.0 Å². The number of carbonyl (C=O) groups excluding carboxylic acids is 1. The Labute approximate surface area is 183 Å². The highest BCUT2D eigenvalue weighted by Gasteiger charge is 2.23. The summed E-state index contributed by atoms with van der Waals surface area (Å²) in [6, 6.07) is 23.3. The summed E-state index contributed by atoms with van der Waals surface area (Å²) in [5.74, 6) is 0.310. The Hall–Kier alpha value is -3.52. The molecule has 3 aromatic carbocycles. The van der Waals surface area contributed by atoms with Crippen LogP contribution in [-0.2, 0) is 13.1 Å². The third-order valence-electron chi connectivity index (χ3n) is 4.90. The largest absolute Gasteiger partial charge is 1.00 e. The van der Waals surface area contributed by atoms with Crippen LogP contribution in [0.15, 0.2) is 78.9 Å². The molecule has 8 heteroatoms. The molecule has 30 heavy (non-hydrogen) atoms. The van der Waals surface area contributed by atoms with E-state index < -0.39 is 4.92 Å². The van der Waals surface area contributed by atoms with Gasteiger partial charge in [-0.25, -0.2) is 9.13 Å². The first-order valence-corrected chi connectivity index (χ1v) is 9.12. The van der Waals surface area contributed by atoms with Crippen molar-refractivity contribution in [2.75, 3.05) is 5.73 Å². The normalized spacial score (nSPS) is 10.5. The average molecular weight is 467 g/mol. The number of imidazole rings is 1. The van der Waals surface area contributed by atoms with Crippen molar-refractivity contribution >= 4 is 28.5 Å². The number of halogens is 1. The number of fused-ring (bicyclic) bond motifs is 1. The van der Waals surface area contributed by atoms with Crippen molar-refractivity contribution in [3.05, 3.63) is 100 Å². The van der Waals surface area contributed by atoms with E-state index in [0.29, 0.717) is 18.1 Å². The van der Waals surface area contributed by atoms with Gasteiger partial charge in [-0.15, -0.1) is 0 Å². The fourth-order valence-electron chi connectivity index (χ4n) is 3.42. The van der Waals surface area contributed by atoms with E-state index in [1.165, 1.54) is 24.3 Å². The topological polar surface area (TPSA) is 95.0 Å². The first-order chi connectivity index (χ1) is 14.0. The Bertz CT molecular complexity index is 1200. The molecule has 152 valence electrons. The second-order valence-electron chi connectivity index (χ2n) is 6.73. The summed E-state index contributed by atoms with van der Waals surface area (Å²) >= 11 is 0. The lowest BCUT2D eigenvalue weighted by Crippen LogP contribution is -3.00. The number of rotatable bonds is 6. The van der Waals surface area contributed by atoms with Crippen LogP contribution in [-0.4, -0.2) is 15.3 Å². The number of nitro groups is 1. The average Bonchev–Trinajstić information content (AvgIpc) is 3.00. The van der Waals surface area contributed by atoms with Crippen LogP contribution >= 0.6 is 0 Å². The maximum atomic E-state index is 12.8. The second kappa shape index (κ2) is 8.87. The van der Waals surface area contributed by atoms with Gasteiger partial charge in [-0.3, -0.25) is 20.6 Å². The predicted molar refractivity (Wildman–Crippen MR) is 110 cm³/mol. The van der Waals surface area contributed by atoms with Gasteiger partial charge in [0.2, 0.25) is 0 Å². The fourth-order valence-corrected chi connectivity index (χ4v) is 3.42. The van der Waals surface area contributed by atoms with Crippen molar-refractivity contribution in [1.29, 1.82) is 0 Å². The quantitative estimate of drug-likeness (QED) is 0.192. The van der Waals surface area contributed by atoms with E-state index >= 15 is 0 Å². The van der Waals surface area contributed by atoms with E-state index in [9.17, 15) is 14.9 Å². The zero-order valence-electron chi connectivity index (χ0n) is 15.9. The number of nitrogens with zero attached hydrogens (tertiary/aromatic N) is 3. The minimum atomic E-state index is -0.488. The lowest BCUT2D eigenvalue weighted by Gasteiger charge is -2.03. The summed E-state index contributed by atoms with van der Waals surface area (Å²) in [5, 5.41) is 10.8. The Morgan fingerprint density at radius 1 is 0.967 bits per heavy atom. The molecule has 0 aliphatic carbocycles. The fraction of sp³-hybridized carbons (Fsp3) is 0.0909. The molecule has 0 aliphatic heterocycles. The summed E-state index contributed by atoms with van der Waals surface area (Å²) in [5.41, 5.74) is 9.69. The molecule has 0 aliphatic rings. The number of ketones is 1. The number of non-ortho nitro benzene ring substituents is 1. The number of benzene rings is 3. The molecule has 4 aromatic rings. The monoisotopic (exact) mass is 466 g/mol. The molecule has 0 spiro atoms. The number of nitrogen functional groups attached to an aromatic ring is 1. The smallest absolute Gasteiger partial charge is 0.356 e. The van der Waals surface area contributed by atoms with E-state index in [4.69, 9.17) is 5.73 Å². The molecule has 0 radical (unpaired) electrons. The van der Waals surface area contributed by atoms with Crippen LogP contribution in [0.4, 0.5) is 11.6 Å². The number of para-hydroxylation sites is 2. The highest BCUT2D eigenvalue weighted by molar-refractivity contribution is 5.97. The highest BCUT2D eigenvalue weighted by Crippen LogP contribution is 2.19. The van der Waals surface area contributed by atoms with Crippen molar-refractivity contribution in [3.8, 4) is 0 Å². The van der Waals surface area contributed by atoms with Crippen molar-refractivity contribution in [1.82, 2.24) is 4.57 Å². The molecular weight excluding hydrogens is 448 g/mol. The van der Waals surface area contributed by atoms with Gasteiger partial charge in [0, 0.05) is 17.7 Å². The zero-order valence-corrected chi connectivity index (χ0v) is 17.5. The van der Waals surface area contributed by atoms with Crippen LogP contribution in [0, 0.1) is 10.1 Å². The molecular formula is C22H19BrN4O3. The Balaban J connectivity index is 0.00000256. The van der Waals surface area contributed by atoms with Gasteiger partial charge in [-0.1, -0.05) is 42.5 Å². The predicted octanol–water partition coefficient (Wildman–Crippen LogP) is 0.354. The molecule has 0 saturated carbocycles. The second-order valence-corrected chi connectivity index (χ2v) is 6.73. The van der Waals surface area contributed by atoms with E-state index in [1.54, 1.807) is 4.57 Å². The van der Waals surface area contributed by atoms with Crippen LogP contribution in [0.1, 0.15) is 15.9 Å². The summed E-state index contributed by atoms with van der Waals surface area (Å²) in [6.45, 7) is 0.637. The van der Waals surface area contributed by atoms with Crippen LogP contribution in [0.3, 0.4) is 0 Å². The molecule has 1 heterocycles. The molecule has 0 bridgehead atoms. The van der Waals surface area contributed by atoms with Crippen LogP contribution in [0.2, 0.25) is 0 Å². The van der Waals surface area contributed by atoms with Crippen molar-refractivity contribution in [2.24, 2.45) is 0 Å². The third-order valence-corrected chi connectivity index (χ3v) is 4.90.